The highest BCUT2D eigenvalue weighted by Crippen LogP contribution is 2.30. The molecule has 1 amide bonds. The summed E-state index contributed by atoms with van der Waals surface area (Å²) in [5, 5.41) is 3.81. The van der Waals surface area contributed by atoms with Gasteiger partial charge in [0.2, 0.25) is 5.91 Å². The van der Waals surface area contributed by atoms with Crippen LogP contribution in [0, 0.1) is 0 Å². The van der Waals surface area contributed by atoms with Gasteiger partial charge in [-0.05, 0) is 38.2 Å². The summed E-state index contributed by atoms with van der Waals surface area (Å²) in [6.07, 6.45) is 3.64. The molecule has 4 heterocycles. The molecule has 2 aliphatic rings. The Balaban J connectivity index is 1.37. The van der Waals surface area contributed by atoms with E-state index in [0.29, 0.717) is 38.0 Å². The van der Waals surface area contributed by atoms with Crippen LogP contribution < -0.4 is 0 Å². The number of rotatable bonds is 5. The molecule has 2 aromatic rings. The van der Waals surface area contributed by atoms with E-state index in [1.54, 1.807) is 0 Å². The Morgan fingerprint density at radius 1 is 1.30 bits per heavy atom. The number of piperidine rings is 1. The molecular weight excluding hydrogens is 356 g/mol. The van der Waals surface area contributed by atoms with Gasteiger partial charge in [0.05, 0.1) is 6.10 Å². The predicted octanol–water partition coefficient (Wildman–Crippen LogP) is 2.73. The lowest BCUT2D eigenvalue weighted by Crippen LogP contribution is -2.38. The number of likely N-dealkylation sites (tertiary alicyclic amines) is 1. The maximum absolute atomic E-state index is 13.3. The summed E-state index contributed by atoms with van der Waals surface area (Å²) in [6.45, 7) is 2.05. The van der Waals surface area contributed by atoms with E-state index >= 15 is 0 Å². The zero-order valence-corrected chi connectivity index (χ0v) is 15.1. The highest BCUT2D eigenvalue weighted by Gasteiger charge is 2.27. The Morgan fingerprint density at radius 2 is 2.11 bits per heavy atom. The Kier molecular flexibility index (Phi) is 5.29. The SMILES string of the molecule is O=C(CCC1CCCO1)N1CCC(c2cc(C(F)F)n3ncnc3n2)CC1. The van der Waals surface area contributed by atoms with Crippen LogP contribution in [-0.2, 0) is 9.53 Å². The lowest BCUT2D eigenvalue weighted by atomic mass is 9.92. The number of alkyl halides is 2. The minimum atomic E-state index is -2.64. The second-order valence-corrected chi connectivity index (χ2v) is 7.21. The van der Waals surface area contributed by atoms with E-state index in [2.05, 4.69) is 15.1 Å². The summed E-state index contributed by atoms with van der Waals surface area (Å²) in [5.41, 5.74) is 0.417. The van der Waals surface area contributed by atoms with Crippen molar-refractivity contribution in [1.29, 1.82) is 0 Å². The van der Waals surface area contributed by atoms with Crippen molar-refractivity contribution < 1.29 is 18.3 Å². The number of halogens is 2. The van der Waals surface area contributed by atoms with Crippen molar-refractivity contribution in [1.82, 2.24) is 24.5 Å². The number of hydrogen-bond donors (Lipinski definition) is 0. The van der Waals surface area contributed by atoms with Gasteiger partial charge in [-0.2, -0.15) is 14.6 Å². The minimum absolute atomic E-state index is 0.0476. The van der Waals surface area contributed by atoms with Crippen molar-refractivity contribution in [2.24, 2.45) is 0 Å². The Labute approximate surface area is 155 Å². The minimum Gasteiger partial charge on any atom is -0.378 e. The van der Waals surface area contributed by atoms with Crippen molar-refractivity contribution >= 4 is 11.7 Å². The fourth-order valence-electron chi connectivity index (χ4n) is 3.96. The van der Waals surface area contributed by atoms with Crippen molar-refractivity contribution in [2.75, 3.05) is 19.7 Å². The average molecular weight is 379 g/mol. The first-order valence-electron chi connectivity index (χ1n) is 9.50. The monoisotopic (exact) mass is 379 g/mol. The second-order valence-electron chi connectivity index (χ2n) is 7.21. The number of carbonyl (C=O) groups is 1. The number of amides is 1. The number of fused-ring (bicyclic) bond motifs is 1. The van der Waals surface area contributed by atoms with Gasteiger partial charge in [-0.25, -0.2) is 13.8 Å². The topological polar surface area (TPSA) is 72.6 Å². The summed E-state index contributed by atoms with van der Waals surface area (Å²) in [7, 11) is 0. The van der Waals surface area contributed by atoms with Gasteiger partial charge in [-0.1, -0.05) is 0 Å². The molecule has 0 aromatic carbocycles. The average Bonchev–Trinajstić information content (AvgIpc) is 3.36. The fraction of sp³-hybridized carbons (Fsp3) is 0.667. The molecular formula is C18H23F2N5O2. The molecule has 0 saturated carbocycles. The third-order valence-electron chi connectivity index (χ3n) is 5.49. The molecule has 0 aliphatic carbocycles. The van der Waals surface area contributed by atoms with Crippen LogP contribution in [0.25, 0.3) is 5.78 Å². The first-order valence-corrected chi connectivity index (χ1v) is 9.50. The first-order chi connectivity index (χ1) is 13.1. The summed E-state index contributed by atoms with van der Waals surface area (Å²) in [4.78, 5) is 22.6. The van der Waals surface area contributed by atoms with Crippen molar-refractivity contribution in [2.45, 2.75) is 57.0 Å². The smallest absolute Gasteiger partial charge is 0.280 e. The number of carbonyl (C=O) groups excluding carboxylic acids is 1. The molecule has 146 valence electrons. The molecule has 7 nitrogen and oxygen atoms in total. The van der Waals surface area contributed by atoms with Gasteiger partial charge >= 0.3 is 0 Å². The first kappa shape index (κ1) is 18.2. The molecule has 0 N–H and O–H groups in total. The van der Waals surface area contributed by atoms with E-state index < -0.39 is 6.43 Å². The van der Waals surface area contributed by atoms with E-state index in [-0.39, 0.29) is 29.4 Å². The van der Waals surface area contributed by atoms with E-state index in [0.717, 1.165) is 30.4 Å². The maximum atomic E-state index is 13.3. The molecule has 27 heavy (non-hydrogen) atoms. The quantitative estimate of drug-likeness (QED) is 0.799. The van der Waals surface area contributed by atoms with Crippen molar-refractivity contribution in [3.8, 4) is 0 Å². The van der Waals surface area contributed by atoms with Gasteiger partial charge in [-0.3, -0.25) is 4.79 Å². The van der Waals surface area contributed by atoms with Crippen molar-refractivity contribution in [3.05, 3.63) is 23.8 Å². The van der Waals surface area contributed by atoms with Crippen molar-refractivity contribution in [3.63, 3.8) is 0 Å². The Morgan fingerprint density at radius 3 is 2.81 bits per heavy atom. The second kappa shape index (κ2) is 7.84. The third kappa shape index (κ3) is 3.92. The van der Waals surface area contributed by atoms with Gasteiger partial charge in [0.15, 0.2) is 0 Å². The summed E-state index contributed by atoms with van der Waals surface area (Å²) in [6, 6.07) is 1.42. The number of ether oxygens (including phenoxy) is 1. The van der Waals surface area contributed by atoms with Crippen LogP contribution in [-0.4, -0.2) is 56.2 Å². The zero-order valence-electron chi connectivity index (χ0n) is 15.1. The number of hydrogen-bond acceptors (Lipinski definition) is 5. The van der Waals surface area contributed by atoms with Crippen LogP contribution in [0.4, 0.5) is 8.78 Å². The molecule has 1 atom stereocenters. The Bertz CT molecular complexity index is 798. The standard InChI is InChI=1S/C18H23F2N5O2/c19-17(20)15-10-14(23-18-21-11-22-25(15)18)12-5-7-24(8-6-12)16(26)4-3-13-2-1-9-27-13/h10-13,17H,1-9H2. The summed E-state index contributed by atoms with van der Waals surface area (Å²) < 4.78 is 33.3. The zero-order chi connectivity index (χ0) is 18.8. The fourth-order valence-corrected chi connectivity index (χ4v) is 3.96. The van der Waals surface area contributed by atoms with Crippen LogP contribution in [0.2, 0.25) is 0 Å². The van der Waals surface area contributed by atoms with Gasteiger partial charge < -0.3 is 9.64 Å². The molecule has 9 heteroatoms. The highest BCUT2D eigenvalue weighted by atomic mass is 19.3. The van der Waals surface area contributed by atoms with E-state index in [1.807, 2.05) is 4.90 Å². The summed E-state index contributed by atoms with van der Waals surface area (Å²) in [5.74, 6) is 0.391. The summed E-state index contributed by atoms with van der Waals surface area (Å²) >= 11 is 0. The molecule has 4 rings (SSSR count). The van der Waals surface area contributed by atoms with Crippen LogP contribution in [0.1, 0.15) is 62.3 Å². The molecule has 1 unspecified atom stereocenters. The van der Waals surface area contributed by atoms with Crippen LogP contribution in [0.5, 0.6) is 0 Å². The van der Waals surface area contributed by atoms with E-state index in [9.17, 15) is 13.6 Å². The molecule has 0 radical (unpaired) electrons. The van der Waals surface area contributed by atoms with Gasteiger partial charge in [0.1, 0.15) is 12.0 Å². The van der Waals surface area contributed by atoms with Gasteiger partial charge in [0, 0.05) is 37.7 Å². The number of nitrogens with zero attached hydrogens (tertiary/aromatic N) is 5. The molecule has 0 spiro atoms. The van der Waals surface area contributed by atoms with E-state index in [4.69, 9.17) is 4.74 Å². The van der Waals surface area contributed by atoms with Gasteiger partial charge in [0.25, 0.3) is 12.2 Å². The molecule has 2 saturated heterocycles. The third-order valence-corrected chi connectivity index (χ3v) is 5.49. The van der Waals surface area contributed by atoms with Gasteiger partial charge in [-0.15, -0.1) is 0 Å². The van der Waals surface area contributed by atoms with Crippen LogP contribution in [0.3, 0.4) is 0 Å². The predicted molar refractivity (Wildman–Crippen MR) is 92.5 cm³/mol. The Hall–Kier alpha value is -2.16. The molecule has 2 fully saturated rings. The number of aromatic nitrogens is 4. The molecule has 0 bridgehead atoms. The largest absolute Gasteiger partial charge is 0.378 e. The van der Waals surface area contributed by atoms with E-state index in [1.165, 1.54) is 12.4 Å². The maximum Gasteiger partial charge on any atom is 0.280 e. The van der Waals surface area contributed by atoms with Crippen LogP contribution in [0.15, 0.2) is 12.4 Å². The molecule has 2 aliphatic heterocycles. The normalized spacial score (nSPS) is 21.4. The van der Waals surface area contributed by atoms with Crippen LogP contribution >= 0.6 is 0 Å². The lowest BCUT2D eigenvalue weighted by molar-refractivity contribution is -0.132. The highest BCUT2D eigenvalue weighted by molar-refractivity contribution is 5.76. The lowest BCUT2D eigenvalue weighted by Gasteiger charge is -2.32. The molecule has 2 aromatic heterocycles.